The first-order valence-corrected chi connectivity index (χ1v) is 6.40. The van der Waals surface area contributed by atoms with Crippen molar-refractivity contribution >= 4 is 17.6 Å². The maximum atomic E-state index is 12.0. The zero-order chi connectivity index (χ0) is 13.1. The fourth-order valence-corrected chi connectivity index (χ4v) is 3.23. The fourth-order valence-electron chi connectivity index (χ4n) is 3.23. The number of ether oxygens (including phenoxy) is 1. The Balaban J connectivity index is 1.67. The predicted octanol–water partition coefficient (Wildman–Crippen LogP) is 0.233. The summed E-state index contributed by atoms with van der Waals surface area (Å²) in [7, 11) is 0. The summed E-state index contributed by atoms with van der Waals surface area (Å²) in [6.45, 7) is 4.82. The highest BCUT2D eigenvalue weighted by Gasteiger charge is 2.72. The van der Waals surface area contributed by atoms with Crippen LogP contribution in [0.2, 0.25) is 0 Å². The summed E-state index contributed by atoms with van der Waals surface area (Å²) in [6, 6.07) is 0. The molecule has 0 bridgehead atoms. The van der Waals surface area contributed by atoms with Gasteiger partial charge in [0, 0.05) is 12.5 Å². The van der Waals surface area contributed by atoms with Gasteiger partial charge in [0.25, 0.3) is 0 Å². The van der Waals surface area contributed by atoms with Crippen molar-refractivity contribution in [1.82, 2.24) is 4.90 Å². The highest BCUT2D eigenvalue weighted by atomic mass is 16.5. The van der Waals surface area contributed by atoms with Gasteiger partial charge in [-0.25, -0.2) is 0 Å². The molecular weight excluding hydrogens is 234 g/mol. The lowest BCUT2D eigenvalue weighted by Gasteiger charge is -2.20. The standard InChI is InChI=1S/C13H17NO4/c1-13(2)9-10(13)12(17)14(11(9)16)5-8(15)7-3-4-18-6-7/h7,9-10H,3-6H2,1-2H3. The Morgan fingerprint density at radius 3 is 2.44 bits per heavy atom. The number of amides is 2. The summed E-state index contributed by atoms with van der Waals surface area (Å²) in [5.41, 5.74) is -0.204. The number of imide groups is 1. The van der Waals surface area contributed by atoms with E-state index >= 15 is 0 Å². The molecule has 3 fully saturated rings. The van der Waals surface area contributed by atoms with Crippen LogP contribution in [-0.2, 0) is 19.1 Å². The van der Waals surface area contributed by atoms with Gasteiger partial charge in [0.05, 0.1) is 25.0 Å². The third-order valence-corrected chi connectivity index (χ3v) is 4.59. The number of carbonyl (C=O) groups excluding carboxylic acids is 3. The number of nitrogens with zero attached hydrogens (tertiary/aromatic N) is 1. The molecule has 3 rings (SSSR count). The Labute approximate surface area is 105 Å². The molecule has 0 aromatic heterocycles. The van der Waals surface area contributed by atoms with Crippen molar-refractivity contribution in [2.24, 2.45) is 23.2 Å². The third kappa shape index (κ3) is 1.46. The van der Waals surface area contributed by atoms with Crippen molar-refractivity contribution in [2.75, 3.05) is 19.8 Å². The van der Waals surface area contributed by atoms with Crippen molar-refractivity contribution in [3.05, 3.63) is 0 Å². The molecular formula is C13H17NO4. The van der Waals surface area contributed by atoms with Gasteiger partial charge < -0.3 is 4.74 Å². The maximum Gasteiger partial charge on any atom is 0.234 e. The number of piperidine rings is 1. The summed E-state index contributed by atoms with van der Waals surface area (Å²) in [4.78, 5) is 37.2. The summed E-state index contributed by atoms with van der Waals surface area (Å²) in [5.74, 6) is -0.913. The molecule has 2 aliphatic heterocycles. The summed E-state index contributed by atoms with van der Waals surface area (Å²) in [5, 5.41) is 0. The second-order valence-electron chi connectivity index (χ2n) is 6.07. The van der Waals surface area contributed by atoms with E-state index in [1.807, 2.05) is 13.8 Å². The van der Waals surface area contributed by atoms with Crippen molar-refractivity contribution in [2.45, 2.75) is 20.3 Å². The van der Waals surface area contributed by atoms with Crippen LogP contribution in [0.3, 0.4) is 0 Å². The number of hydrogen-bond acceptors (Lipinski definition) is 4. The van der Waals surface area contributed by atoms with Gasteiger partial charge >= 0.3 is 0 Å². The lowest BCUT2D eigenvalue weighted by Crippen LogP contribution is -2.41. The Bertz CT molecular complexity index is 412. The summed E-state index contributed by atoms with van der Waals surface area (Å²) < 4.78 is 5.15. The van der Waals surface area contributed by atoms with E-state index in [2.05, 4.69) is 0 Å². The SMILES string of the molecule is CC1(C)C2C(=O)N(CC(=O)C3CCOC3)C(=O)C21. The molecule has 0 aromatic rings. The molecule has 0 radical (unpaired) electrons. The molecule has 3 atom stereocenters. The molecule has 98 valence electrons. The van der Waals surface area contributed by atoms with Crippen LogP contribution in [0, 0.1) is 23.2 Å². The van der Waals surface area contributed by atoms with Crippen LogP contribution in [0.1, 0.15) is 20.3 Å². The van der Waals surface area contributed by atoms with E-state index in [1.165, 1.54) is 0 Å². The number of carbonyl (C=O) groups is 3. The van der Waals surface area contributed by atoms with Gasteiger partial charge in [-0.05, 0) is 11.8 Å². The molecule has 2 amide bonds. The van der Waals surface area contributed by atoms with E-state index in [9.17, 15) is 14.4 Å². The number of ketones is 1. The molecule has 1 aliphatic carbocycles. The van der Waals surface area contributed by atoms with Crippen LogP contribution >= 0.6 is 0 Å². The first-order chi connectivity index (χ1) is 8.44. The number of Topliss-reactive ketones (excluding diaryl/α,β-unsaturated/α-hetero) is 1. The Kier molecular flexibility index (Phi) is 2.39. The quantitative estimate of drug-likeness (QED) is 0.674. The second-order valence-corrected chi connectivity index (χ2v) is 6.07. The average Bonchev–Trinajstić information content (AvgIpc) is 2.74. The Morgan fingerprint density at radius 2 is 1.94 bits per heavy atom. The average molecular weight is 251 g/mol. The molecule has 5 heteroatoms. The van der Waals surface area contributed by atoms with Gasteiger partial charge in [0.2, 0.25) is 11.8 Å². The molecule has 0 spiro atoms. The predicted molar refractivity (Wildman–Crippen MR) is 61.4 cm³/mol. The third-order valence-electron chi connectivity index (χ3n) is 4.59. The van der Waals surface area contributed by atoms with Crippen LogP contribution in [0.4, 0.5) is 0 Å². The summed E-state index contributed by atoms with van der Waals surface area (Å²) in [6.07, 6.45) is 0.702. The summed E-state index contributed by atoms with van der Waals surface area (Å²) >= 11 is 0. The highest BCUT2D eigenvalue weighted by molar-refractivity contribution is 6.12. The van der Waals surface area contributed by atoms with Crippen molar-refractivity contribution in [1.29, 1.82) is 0 Å². The first kappa shape index (κ1) is 11.8. The molecule has 2 heterocycles. The zero-order valence-electron chi connectivity index (χ0n) is 10.6. The minimum atomic E-state index is -0.204. The van der Waals surface area contributed by atoms with Crippen molar-refractivity contribution in [3.8, 4) is 0 Å². The van der Waals surface area contributed by atoms with Crippen LogP contribution in [0.5, 0.6) is 0 Å². The molecule has 5 nitrogen and oxygen atoms in total. The topological polar surface area (TPSA) is 63.7 Å². The van der Waals surface area contributed by atoms with Gasteiger partial charge in [-0.3, -0.25) is 19.3 Å². The van der Waals surface area contributed by atoms with Gasteiger partial charge in [-0.15, -0.1) is 0 Å². The number of hydrogen-bond donors (Lipinski definition) is 0. The highest BCUT2D eigenvalue weighted by Crippen LogP contribution is 2.63. The molecule has 1 saturated carbocycles. The van der Waals surface area contributed by atoms with E-state index in [0.29, 0.717) is 19.6 Å². The number of likely N-dealkylation sites (tertiary alicyclic amines) is 1. The van der Waals surface area contributed by atoms with Crippen LogP contribution < -0.4 is 0 Å². The number of rotatable bonds is 3. The van der Waals surface area contributed by atoms with Gasteiger partial charge in [-0.1, -0.05) is 13.8 Å². The van der Waals surface area contributed by atoms with E-state index < -0.39 is 0 Å². The van der Waals surface area contributed by atoms with E-state index in [1.54, 1.807) is 0 Å². The molecule has 3 aliphatic rings. The molecule has 18 heavy (non-hydrogen) atoms. The van der Waals surface area contributed by atoms with Crippen molar-refractivity contribution < 1.29 is 19.1 Å². The number of fused-ring (bicyclic) bond motifs is 1. The lowest BCUT2D eigenvalue weighted by molar-refractivity contribution is -0.146. The van der Waals surface area contributed by atoms with E-state index in [0.717, 1.165) is 4.90 Å². The second kappa shape index (κ2) is 3.63. The minimum Gasteiger partial charge on any atom is -0.381 e. The Hall–Kier alpha value is -1.23. The van der Waals surface area contributed by atoms with Crippen LogP contribution in [0.25, 0.3) is 0 Å². The largest absolute Gasteiger partial charge is 0.381 e. The Morgan fingerprint density at radius 1 is 1.33 bits per heavy atom. The maximum absolute atomic E-state index is 12.0. The molecule has 0 aromatic carbocycles. The zero-order valence-corrected chi connectivity index (χ0v) is 10.6. The van der Waals surface area contributed by atoms with Crippen LogP contribution in [0.15, 0.2) is 0 Å². The van der Waals surface area contributed by atoms with Gasteiger partial charge in [0.15, 0.2) is 5.78 Å². The smallest absolute Gasteiger partial charge is 0.234 e. The minimum absolute atomic E-state index is 0.0479. The van der Waals surface area contributed by atoms with Crippen LogP contribution in [-0.4, -0.2) is 42.3 Å². The lowest BCUT2D eigenvalue weighted by atomic mass is 10.0. The van der Waals surface area contributed by atoms with E-state index in [4.69, 9.17) is 4.74 Å². The van der Waals surface area contributed by atoms with E-state index in [-0.39, 0.29) is 47.3 Å². The monoisotopic (exact) mass is 251 g/mol. The molecule has 0 N–H and O–H groups in total. The van der Waals surface area contributed by atoms with Gasteiger partial charge in [0.1, 0.15) is 0 Å². The normalized spacial score (nSPS) is 37.0. The molecule has 2 saturated heterocycles. The fraction of sp³-hybridized carbons (Fsp3) is 0.769. The first-order valence-electron chi connectivity index (χ1n) is 6.40. The molecule has 3 unspecified atom stereocenters. The van der Waals surface area contributed by atoms with Crippen molar-refractivity contribution in [3.63, 3.8) is 0 Å². The van der Waals surface area contributed by atoms with Gasteiger partial charge in [-0.2, -0.15) is 0 Å².